The lowest BCUT2D eigenvalue weighted by molar-refractivity contribution is -0.0212. The summed E-state index contributed by atoms with van der Waals surface area (Å²) in [5.41, 5.74) is 3.25. The third-order valence-electron chi connectivity index (χ3n) is 5.59. The van der Waals surface area contributed by atoms with Crippen molar-refractivity contribution in [3.8, 4) is 17.2 Å². The highest BCUT2D eigenvalue weighted by atomic mass is 19.1. The predicted molar refractivity (Wildman–Crippen MR) is 111 cm³/mol. The van der Waals surface area contributed by atoms with Crippen molar-refractivity contribution in [1.29, 1.82) is 0 Å². The first-order chi connectivity index (χ1) is 14.7. The van der Waals surface area contributed by atoms with E-state index in [0.29, 0.717) is 23.5 Å². The number of fused-ring (bicyclic) bond motifs is 3. The maximum atomic E-state index is 14.6. The Morgan fingerprint density at radius 3 is 2.50 bits per heavy atom. The van der Waals surface area contributed by atoms with Crippen molar-refractivity contribution in [2.75, 3.05) is 14.2 Å². The van der Waals surface area contributed by atoms with Gasteiger partial charge in [-0.3, -0.25) is 0 Å². The number of nitrogens with zero attached hydrogens (tertiary/aromatic N) is 2. The molecule has 0 unspecified atom stereocenters. The topological polar surface area (TPSA) is 43.3 Å². The van der Waals surface area contributed by atoms with Crippen molar-refractivity contribution in [3.05, 3.63) is 89.2 Å². The van der Waals surface area contributed by atoms with Crippen LogP contribution in [0.15, 0.2) is 71.8 Å². The maximum Gasteiger partial charge on any atom is 0.216 e. The summed E-state index contributed by atoms with van der Waals surface area (Å²) in [7, 11) is 3.25. The zero-order valence-corrected chi connectivity index (χ0v) is 16.7. The number of halogens is 1. The Morgan fingerprint density at radius 1 is 0.967 bits per heavy atom. The van der Waals surface area contributed by atoms with E-state index in [9.17, 15) is 4.39 Å². The second-order valence-corrected chi connectivity index (χ2v) is 7.24. The Kier molecular flexibility index (Phi) is 4.54. The first-order valence-electron chi connectivity index (χ1n) is 9.78. The van der Waals surface area contributed by atoms with Crippen LogP contribution in [-0.4, -0.2) is 24.9 Å². The lowest BCUT2D eigenvalue weighted by Crippen LogP contribution is -2.34. The third-order valence-corrected chi connectivity index (χ3v) is 5.59. The number of rotatable bonds is 4. The summed E-state index contributed by atoms with van der Waals surface area (Å²) >= 11 is 0. The maximum absolute atomic E-state index is 14.6. The van der Waals surface area contributed by atoms with Crippen LogP contribution in [0.25, 0.3) is 0 Å². The van der Waals surface area contributed by atoms with Crippen LogP contribution in [-0.2, 0) is 0 Å². The van der Waals surface area contributed by atoms with E-state index in [4.69, 9.17) is 19.3 Å². The van der Waals surface area contributed by atoms with Gasteiger partial charge < -0.3 is 14.2 Å². The summed E-state index contributed by atoms with van der Waals surface area (Å²) in [4.78, 5) is 0. The molecule has 30 heavy (non-hydrogen) atoms. The number of hydrogen-bond donors (Lipinski definition) is 0. The normalized spacial score (nSPS) is 19.4. The molecule has 152 valence electrons. The number of hydrazone groups is 1. The second-order valence-electron chi connectivity index (χ2n) is 7.24. The molecule has 2 aliphatic heterocycles. The highest BCUT2D eigenvalue weighted by Gasteiger charge is 2.42. The fourth-order valence-electron chi connectivity index (χ4n) is 4.11. The minimum Gasteiger partial charge on any atom is -0.497 e. The Hall–Kier alpha value is -3.54. The molecule has 3 aromatic rings. The second kappa shape index (κ2) is 7.37. The molecule has 3 aromatic carbocycles. The zero-order chi connectivity index (χ0) is 20.7. The first-order valence-corrected chi connectivity index (χ1v) is 9.78. The van der Waals surface area contributed by atoms with Gasteiger partial charge in [0.2, 0.25) is 6.23 Å². The summed E-state index contributed by atoms with van der Waals surface area (Å²) < 4.78 is 31.8. The molecule has 5 nitrogen and oxygen atoms in total. The molecule has 0 fully saturated rings. The van der Waals surface area contributed by atoms with Gasteiger partial charge in [0.05, 0.1) is 31.5 Å². The number of benzene rings is 3. The summed E-state index contributed by atoms with van der Waals surface area (Å²) in [6.07, 6.45) is 0.0152. The van der Waals surface area contributed by atoms with E-state index in [1.807, 2.05) is 53.5 Å². The number of para-hydroxylation sites is 1. The van der Waals surface area contributed by atoms with Gasteiger partial charge in [0.15, 0.2) is 0 Å². The SMILES string of the molecule is COc1ccc(C2=NN3[C@@H](C2)c2ccccc2O[C@H]3c2ccccc2F)c(OC)c1. The molecule has 0 aromatic heterocycles. The van der Waals surface area contributed by atoms with Crippen LogP contribution in [0, 0.1) is 5.82 Å². The molecule has 6 heteroatoms. The molecule has 0 aliphatic carbocycles. The van der Waals surface area contributed by atoms with Crippen LogP contribution < -0.4 is 14.2 Å². The summed E-state index contributed by atoms with van der Waals surface area (Å²) in [6.45, 7) is 0. The molecular weight excluding hydrogens is 383 g/mol. The highest BCUT2D eigenvalue weighted by molar-refractivity contribution is 6.04. The van der Waals surface area contributed by atoms with Crippen molar-refractivity contribution in [3.63, 3.8) is 0 Å². The van der Waals surface area contributed by atoms with Crippen molar-refractivity contribution >= 4 is 5.71 Å². The van der Waals surface area contributed by atoms with Gasteiger partial charge in [-0.05, 0) is 24.3 Å². The number of ether oxygens (including phenoxy) is 3. The van der Waals surface area contributed by atoms with Crippen LogP contribution in [0.1, 0.15) is 35.4 Å². The average molecular weight is 404 g/mol. The Balaban J connectivity index is 1.61. The molecule has 0 saturated heterocycles. The standard InChI is InChI=1S/C24H21FN2O3/c1-28-15-11-12-17(23(13-15)29-2)20-14-21-18-8-4-6-10-22(18)30-24(27(21)26-20)16-7-3-5-9-19(16)25/h3-13,21,24H,14H2,1-2H3/t21-,24-/m0/s1. The van der Waals surface area contributed by atoms with E-state index in [1.54, 1.807) is 26.4 Å². The van der Waals surface area contributed by atoms with E-state index in [0.717, 1.165) is 22.6 Å². The molecule has 0 N–H and O–H groups in total. The molecule has 5 rings (SSSR count). The molecule has 0 bridgehead atoms. The lowest BCUT2D eigenvalue weighted by atomic mass is 9.95. The number of methoxy groups -OCH3 is 2. The smallest absolute Gasteiger partial charge is 0.216 e. The van der Waals surface area contributed by atoms with E-state index in [-0.39, 0.29) is 11.9 Å². The fourth-order valence-corrected chi connectivity index (χ4v) is 4.11. The van der Waals surface area contributed by atoms with Crippen molar-refractivity contribution < 1.29 is 18.6 Å². The molecule has 0 radical (unpaired) electrons. The van der Waals surface area contributed by atoms with Gasteiger partial charge in [0.25, 0.3) is 0 Å². The van der Waals surface area contributed by atoms with Crippen LogP contribution in [0.4, 0.5) is 4.39 Å². The van der Waals surface area contributed by atoms with Crippen LogP contribution in [0.2, 0.25) is 0 Å². The lowest BCUT2D eigenvalue weighted by Gasteiger charge is -2.38. The first kappa shape index (κ1) is 18.5. The minimum atomic E-state index is -0.646. The van der Waals surface area contributed by atoms with E-state index >= 15 is 0 Å². The minimum absolute atomic E-state index is 0.0543. The van der Waals surface area contributed by atoms with E-state index in [2.05, 4.69) is 0 Å². The highest BCUT2D eigenvalue weighted by Crippen LogP contribution is 2.48. The Morgan fingerprint density at radius 2 is 1.73 bits per heavy atom. The predicted octanol–water partition coefficient (Wildman–Crippen LogP) is 5.09. The van der Waals surface area contributed by atoms with Gasteiger partial charge in [-0.2, -0.15) is 5.10 Å². The third kappa shape index (κ3) is 2.96. The monoisotopic (exact) mass is 404 g/mol. The Labute approximate surface area is 174 Å². The summed E-state index contributed by atoms with van der Waals surface area (Å²) in [5.74, 6) is 1.84. The van der Waals surface area contributed by atoms with Gasteiger partial charge >= 0.3 is 0 Å². The molecule has 2 heterocycles. The fraction of sp³-hybridized carbons (Fsp3) is 0.208. The molecule has 0 amide bonds. The van der Waals surface area contributed by atoms with Crippen LogP contribution >= 0.6 is 0 Å². The molecule has 2 aliphatic rings. The largest absolute Gasteiger partial charge is 0.497 e. The van der Waals surface area contributed by atoms with Crippen molar-refractivity contribution in [1.82, 2.24) is 5.01 Å². The quantitative estimate of drug-likeness (QED) is 0.608. The molecule has 0 spiro atoms. The van der Waals surface area contributed by atoms with Crippen molar-refractivity contribution in [2.45, 2.75) is 18.7 Å². The molecule has 0 saturated carbocycles. The summed E-state index contributed by atoms with van der Waals surface area (Å²) in [5, 5.41) is 6.74. The van der Waals surface area contributed by atoms with Gasteiger partial charge in [-0.1, -0.05) is 36.4 Å². The average Bonchev–Trinajstić information content (AvgIpc) is 3.24. The van der Waals surface area contributed by atoms with Gasteiger partial charge in [0.1, 0.15) is 23.1 Å². The van der Waals surface area contributed by atoms with E-state index in [1.165, 1.54) is 6.07 Å². The Bertz CT molecular complexity index is 1130. The van der Waals surface area contributed by atoms with E-state index < -0.39 is 6.23 Å². The number of hydrogen-bond acceptors (Lipinski definition) is 5. The van der Waals surface area contributed by atoms with Gasteiger partial charge in [-0.25, -0.2) is 9.40 Å². The summed E-state index contributed by atoms with van der Waals surface area (Å²) in [6, 6.07) is 20.2. The van der Waals surface area contributed by atoms with Gasteiger partial charge in [-0.15, -0.1) is 0 Å². The van der Waals surface area contributed by atoms with Crippen molar-refractivity contribution in [2.24, 2.45) is 5.10 Å². The molecular formula is C24H21FN2O3. The zero-order valence-electron chi connectivity index (χ0n) is 16.7. The van der Waals surface area contributed by atoms with Crippen LogP contribution in [0.5, 0.6) is 17.2 Å². The molecule has 2 atom stereocenters. The van der Waals surface area contributed by atoms with Crippen LogP contribution in [0.3, 0.4) is 0 Å². The van der Waals surface area contributed by atoms with Gasteiger partial charge in [0, 0.05) is 23.6 Å².